The zero-order valence-electron chi connectivity index (χ0n) is 23.6. The molecule has 6 nitrogen and oxygen atoms in total. The first-order valence-electron chi connectivity index (χ1n) is 13.2. The number of carbonyl (C=O) groups excluding carboxylic acids is 3. The van der Waals surface area contributed by atoms with Gasteiger partial charge in [-0.25, -0.2) is 0 Å². The maximum absolute atomic E-state index is 12.3. The molecular formula is C27H50O6S3. The van der Waals surface area contributed by atoms with Gasteiger partial charge in [-0.1, -0.05) is 48.5 Å². The summed E-state index contributed by atoms with van der Waals surface area (Å²) < 4.78 is 16.7. The second kappa shape index (κ2) is 21.4. The van der Waals surface area contributed by atoms with Crippen LogP contribution in [-0.2, 0) is 28.6 Å². The van der Waals surface area contributed by atoms with E-state index in [0.29, 0.717) is 60.7 Å². The Morgan fingerprint density at radius 3 is 1.08 bits per heavy atom. The second-order valence-corrected chi connectivity index (χ2v) is 13.9. The van der Waals surface area contributed by atoms with Gasteiger partial charge < -0.3 is 14.2 Å². The van der Waals surface area contributed by atoms with Crippen molar-refractivity contribution in [1.29, 1.82) is 0 Å². The summed E-state index contributed by atoms with van der Waals surface area (Å²) >= 11 is 5.21. The lowest BCUT2D eigenvalue weighted by molar-refractivity contribution is -0.161. The number of thioether (sulfide) groups is 3. The Balaban J connectivity index is 4.84. The summed E-state index contributed by atoms with van der Waals surface area (Å²) in [4.78, 5) is 37.0. The van der Waals surface area contributed by atoms with E-state index in [1.54, 1.807) is 35.3 Å². The Hall–Kier alpha value is -0.540. The van der Waals surface area contributed by atoms with Crippen LogP contribution in [0.1, 0.15) is 74.1 Å². The molecule has 0 saturated carbocycles. The minimum absolute atomic E-state index is 0.0575. The van der Waals surface area contributed by atoms with Gasteiger partial charge in [0.05, 0.1) is 24.7 Å². The predicted molar refractivity (Wildman–Crippen MR) is 156 cm³/mol. The highest BCUT2D eigenvalue weighted by Gasteiger charge is 2.34. The lowest BCUT2D eigenvalue weighted by Gasteiger charge is -2.31. The molecule has 0 bridgehead atoms. The zero-order chi connectivity index (χ0) is 27.4. The topological polar surface area (TPSA) is 78.9 Å². The minimum Gasteiger partial charge on any atom is -0.465 e. The molecule has 0 aliphatic rings. The smallest absolute Gasteiger partial charge is 0.306 e. The average molecular weight is 567 g/mol. The van der Waals surface area contributed by atoms with Crippen molar-refractivity contribution in [3.05, 3.63) is 0 Å². The molecule has 0 heterocycles. The molecule has 0 N–H and O–H groups in total. The Morgan fingerprint density at radius 2 is 0.861 bits per heavy atom. The Morgan fingerprint density at radius 1 is 0.583 bits per heavy atom. The van der Waals surface area contributed by atoms with E-state index < -0.39 is 5.41 Å². The van der Waals surface area contributed by atoms with E-state index in [0.717, 1.165) is 17.3 Å². The molecule has 0 fully saturated rings. The van der Waals surface area contributed by atoms with Crippen LogP contribution in [0, 0.1) is 23.2 Å². The highest BCUT2D eigenvalue weighted by Crippen LogP contribution is 2.25. The van der Waals surface area contributed by atoms with E-state index in [9.17, 15) is 14.4 Å². The SMILES string of the molecule is CCC(COC(=O)CCSCC(C)C)(COC(=O)CCSCC(C)C)COC(=O)CCSCC(C)C. The lowest BCUT2D eigenvalue weighted by atomic mass is 9.88. The monoisotopic (exact) mass is 566 g/mol. The molecule has 36 heavy (non-hydrogen) atoms. The molecule has 0 aromatic rings. The number of ether oxygens (including phenoxy) is 3. The molecular weight excluding hydrogens is 516 g/mol. The standard InChI is InChI=1S/C27H50O6S3/c1-8-27(18-31-24(28)9-12-34-15-21(2)3,19-32-25(29)10-13-35-16-22(4)5)20-33-26(30)11-14-36-17-23(6)7/h21-23H,8-20H2,1-7H3. The molecule has 0 aromatic heterocycles. The first-order valence-corrected chi connectivity index (χ1v) is 16.7. The first kappa shape index (κ1) is 35.5. The quantitative estimate of drug-likeness (QED) is 0.0846. The van der Waals surface area contributed by atoms with Crippen molar-refractivity contribution in [2.45, 2.75) is 74.1 Å². The first-order chi connectivity index (χ1) is 17.0. The number of carbonyl (C=O) groups is 3. The van der Waals surface area contributed by atoms with Crippen molar-refractivity contribution in [3.8, 4) is 0 Å². The van der Waals surface area contributed by atoms with Gasteiger partial charge in [-0.3, -0.25) is 14.4 Å². The van der Waals surface area contributed by atoms with Gasteiger partial charge in [-0.2, -0.15) is 35.3 Å². The van der Waals surface area contributed by atoms with Crippen LogP contribution in [0.5, 0.6) is 0 Å². The molecule has 0 unspecified atom stereocenters. The van der Waals surface area contributed by atoms with Gasteiger partial charge in [0.1, 0.15) is 19.8 Å². The number of hydrogen-bond donors (Lipinski definition) is 0. The van der Waals surface area contributed by atoms with Crippen LogP contribution in [0.25, 0.3) is 0 Å². The fourth-order valence-electron chi connectivity index (χ4n) is 2.77. The van der Waals surface area contributed by atoms with Crippen LogP contribution in [0.4, 0.5) is 0 Å². The lowest BCUT2D eigenvalue weighted by Crippen LogP contribution is -2.39. The summed E-state index contributed by atoms with van der Waals surface area (Å²) in [6.07, 6.45) is 1.54. The normalized spacial score (nSPS) is 11.8. The van der Waals surface area contributed by atoms with Gasteiger partial charge >= 0.3 is 17.9 Å². The molecule has 0 aliphatic carbocycles. The van der Waals surface area contributed by atoms with Gasteiger partial charge in [0.15, 0.2) is 0 Å². The molecule has 212 valence electrons. The third-order valence-electron chi connectivity index (χ3n) is 5.07. The van der Waals surface area contributed by atoms with Crippen molar-refractivity contribution in [3.63, 3.8) is 0 Å². The van der Waals surface area contributed by atoms with E-state index in [-0.39, 0.29) is 37.7 Å². The fourth-order valence-corrected chi connectivity index (χ4v) is 5.62. The third kappa shape index (κ3) is 20.5. The van der Waals surface area contributed by atoms with E-state index >= 15 is 0 Å². The van der Waals surface area contributed by atoms with E-state index in [1.165, 1.54) is 0 Å². The van der Waals surface area contributed by atoms with Crippen LogP contribution >= 0.6 is 35.3 Å². The molecule has 0 aliphatic heterocycles. The molecule has 0 spiro atoms. The van der Waals surface area contributed by atoms with Crippen molar-refractivity contribution in [1.82, 2.24) is 0 Å². The summed E-state index contributed by atoms with van der Waals surface area (Å²) in [5, 5.41) is 0. The van der Waals surface area contributed by atoms with E-state index in [1.807, 2.05) is 6.92 Å². The van der Waals surface area contributed by atoms with Crippen molar-refractivity contribution in [2.75, 3.05) is 54.3 Å². The second-order valence-electron chi connectivity index (χ2n) is 10.5. The summed E-state index contributed by atoms with van der Waals surface area (Å²) in [5.74, 6) is 6.04. The fraction of sp³-hybridized carbons (Fsp3) is 0.889. The van der Waals surface area contributed by atoms with Gasteiger partial charge in [0.25, 0.3) is 0 Å². The average Bonchev–Trinajstić information content (AvgIpc) is 2.81. The number of esters is 3. The van der Waals surface area contributed by atoms with Crippen LogP contribution in [0.2, 0.25) is 0 Å². The largest absolute Gasteiger partial charge is 0.465 e. The van der Waals surface area contributed by atoms with E-state index in [4.69, 9.17) is 14.2 Å². The van der Waals surface area contributed by atoms with Crippen LogP contribution < -0.4 is 0 Å². The number of hydrogen-bond acceptors (Lipinski definition) is 9. The number of rotatable bonds is 22. The Kier molecular flexibility index (Phi) is 21.1. The molecule has 9 heteroatoms. The highest BCUT2D eigenvalue weighted by atomic mass is 32.2. The van der Waals surface area contributed by atoms with E-state index in [2.05, 4.69) is 41.5 Å². The summed E-state index contributed by atoms with van der Waals surface area (Å²) in [7, 11) is 0. The Bertz CT molecular complexity index is 531. The third-order valence-corrected chi connectivity index (χ3v) is 9.26. The van der Waals surface area contributed by atoms with Crippen LogP contribution in [0.3, 0.4) is 0 Å². The molecule has 0 amide bonds. The van der Waals surface area contributed by atoms with Gasteiger partial charge in [0, 0.05) is 17.3 Å². The summed E-state index contributed by atoms with van der Waals surface area (Å²) in [5.41, 5.74) is -0.748. The van der Waals surface area contributed by atoms with Crippen LogP contribution in [-0.4, -0.2) is 72.2 Å². The maximum Gasteiger partial charge on any atom is 0.306 e. The van der Waals surface area contributed by atoms with Crippen LogP contribution in [0.15, 0.2) is 0 Å². The highest BCUT2D eigenvalue weighted by molar-refractivity contribution is 7.99. The zero-order valence-corrected chi connectivity index (χ0v) is 26.0. The summed E-state index contributed by atoms with van der Waals surface area (Å²) in [6, 6.07) is 0. The van der Waals surface area contributed by atoms with Crippen molar-refractivity contribution >= 4 is 53.2 Å². The predicted octanol–water partition coefficient (Wildman–Crippen LogP) is 6.35. The van der Waals surface area contributed by atoms with Crippen molar-refractivity contribution in [2.24, 2.45) is 23.2 Å². The van der Waals surface area contributed by atoms with Gasteiger partial charge in [-0.15, -0.1) is 0 Å². The molecule has 0 atom stereocenters. The Labute approximate surface area is 232 Å². The molecule has 0 saturated heterocycles. The molecule has 0 radical (unpaired) electrons. The molecule has 0 rings (SSSR count). The summed E-state index contributed by atoms with van der Waals surface area (Å²) in [6.45, 7) is 15.0. The van der Waals surface area contributed by atoms with Gasteiger partial charge in [-0.05, 0) is 41.4 Å². The maximum atomic E-state index is 12.3. The molecule has 0 aromatic carbocycles. The van der Waals surface area contributed by atoms with Crippen molar-refractivity contribution < 1.29 is 28.6 Å². The minimum atomic E-state index is -0.748. The van der Waals surface area contributed by atoms with Gasteiger partial charge in [0.2, 0.25) is 0 Å².